The van der Waals surface area contributed by atoms with Gasteiger partial charge in [0.05, 0.1) is 13.1 Å². The zero-order valence-electron chi connectivity index (χ0n) is 7.30. The molecule has 0 aliphatic carbocycles. The van der Waals surface area contributed by atoms with Gasteiger partial charge >= 0.3 is 18.1 Å². The molecule has 0 radical (unpaired) electrons. The van der Waals surface area contributed by atoms with Crippen LogP contribution in [0.1, 0.15) is 6.92 Å². The summed E-state index contributed by atoms with van der Waals surface area (Å²) in [6, 6.07) is -1.82. The van der Waals surface area contributed by atoms with Gasteiger partial charge in [0.1, 0.15) is 6.04 Å². The second-order valence-corrected chi connectivity index (χ2v) is 2.97. The summed E-state index contributed by atoms with van der Waals surface area (Å²) in [5, 5.41) is 0. The first-order valence-corrected chi connectivity index (χ1v) is 3.85. The number of esters is 2. The Balaban J connectivity index is 2.68. The summed E-state index contributed by atoms with van der Waals surface area (Å²) in [5.74, 6) is -1.89. The van der Waals surface area contributed by atoms with E-state index in [1.54, 1.807) is 0 Å². The minimum Gasteiger partial charge on any atom is -0.391 e. The van der Waals surface area contributed by atoms with Crippen molar-refractivity contribution in [2.45, 2.75) is 19.1 Å². The minimum atomic E-state index is -4.45. The van der Waals surface area contributed by atoms with Crippen molar-refractivity contribution in [1.29, 1.82) is 0 Å². The predicted molar refractivity (Wildman–Crippen MR) is 38.2 cm³/mol. The number of carbonyl (C=O) groups excluding carboxylic acids is 2. The minimum absolute atomic E-state index is 0.508. The molecule has 1 atom stereocenters. The summed E-state index contributed by atoms with van der Waals surface area (Å²) in [7, 11) is 0. The van der Waals surface area contributed by atoms with E-state index in [9.17, 15) is 22.8 Å². The lowest BCUT2D eigenvalue weighted by atomic mass is 10.2. The number of hydrogen-bond acceptors (Lipinski definition) is 4. The van der Waals surface area contributed by atoms with Crippen molar-refractivity contribution in [3.8, 4) is 0 Å². The van der Waals surface area contributed by atoms with Crippen molar-refractivity contribution >= 4 is 11.9 Å². The van der Waals surface area contributed by atoms with Crippen LogP contribution in [-0.2, 0) is 14.3 Å². The average molecular weight is 211 g/mol. The third-order valence-corrected chi connectivity index (χ3v) is 1.91. The first kappa shape index (κ1) is 11.0. The molecule has 0 aromatic heterocycles. The average Bonchev–Trinajstić information content (AvgIpc) is 1.99. The molecule has 7 heteroatoms. The zero-order valence-corrected chi connectivity index (χ0v) is 7.30. The second-order valence-electron chi connectivity index (χ2n) is 2.97. The largest absolute Gasteiger partial charge is 0.403 e. The molecule has 0 saturated carbocycles. The van der Waals surface area contributed by atoms with E-state index in [0.29, 0.717) is 0 Å². The Morgan fingerprint density at radius 1 is 1.29 bits per heavy atom. The molecule has 1 rings (SSSR count). The Kier molecular flexibility index (Phi) is 2.79. The fraction of sp³-hybridized carbons (Fsp3) is 0.714. The molecule has 0 amide bonds. The maximum Gasteiger partial charge on any atom is 0.403 e. The lowest BCUT2D eigenvalue weighted by Crippen LogP contribution is -2.52. The molecule has 0 spiro atoms. The van der Waals surface area contributed by atoms with Crippen LogP contribution in [0, 0.1) is 0 Å². The number of hydrogen-bond donors (Lipinski definition) is 0. The van der Waals surface area contributed by atoms with Crippen molar-refractivity contribution in [1.82, 2.24) is 4.90 Å². The quantitative estimate of drug-likeness (QED) is 0.463. The Morgan fingerprint density at radius 3 is 2.07 bits per heavy atom. The zero-order chi connectivity index (χ0) is 10.9. The molecule has 0 N–H and O–H groups in total. The van der Waals surface area contributed by atoms with Gasteiger partial charge in [-0.15, -0.1) is 0 Å². The fourth-order valence-corrected chi connectivity index (χ4v) is 1.06. The molecule has 14 heavy (non-hydrogen) atoms. The summed E-state index contributed by atoms with van der Waals surface area (Å²) < 4.78 is 40.6. The molecule has 80 valence electrons. The van der Waals surface area contributed by atoms with E-state index in [1.807, 2.05) is 0 Å². The van der Waals surface area contributed by atoms with Crippen LogP contribution in [-0.4, -0.2) is 42.1 Å². The standard InChI is InChI=1S/C7H8F3NO3/c1-4(7(8,9)10)11-2-5(12)14-6(13)3-11/h4H,2-3H2,1H3. The van der Waals surface area contributed by atoms with Gasteiger partial charge in [-0.05, 0) is 6.92 Å². The number of rotatable bonds is 1. The Hall–Kier alpha value is -1.11. The van der Waals surface area contributed by atoms with Gasteiger partial charge in [-0.1, -0.05) is 0 Å². The van der Waals surface area contributed by atoms with Gasteiger partial charge in [-0.25, -0.2) is 0 Å². The molecule has 1 aliphatic heterocycles. The topological polar surface area (TPSA) is 46.6 Å². The molecule has 0 aromatic carbocycles. The highest BCUT2D eigenvalue weighted by atomic mass is 19.4. The van der Waals surface area contributed by atoms with E-state index in [1.165, 1.54) is 0 Å². The lowest BCUT2D eigenvalue weighted by molar-refractivity contribution is -0.193. The van der Waals surface area contributed by atoms with E-state index >= 15 is 0 Å². The van der Waals surface area contributed by atoms with Crippen LogP contribution in [0.25, 0.3) is 0 Å². The Morgan fingerprint density at radius 2 is 1.71 bits per heavy atom. The molecular formula is C7H8F3NO3. The number of nitrogens with zero attached hydrogens (tertiary/aromatic N) is 1. The molecule has 1 saturated heterocycles. The predicted octanol–water partition coefficient (Wildman–Crippen LogP) is 0.323. The highest BCUT2D eigenvalue weighted by Gasteiger charge is 2.43. The highest BCUT2D eigenvalue weighted by molar-refractivity contribution is 5.90. The van der Waals surface area contributed by atoms with Crippen LogP contribution < -0.4 is 0 Å². The monoisotopic (exact) mass is 211 g/mol. The van der Waals surface area contributed by atoms with E-state index in [0.717, 1.165) is 11.8 Å². The number of carbonyl (C=O) groups is 2. The number of alkyl halides is 3. The van der Waals surface area contributed by atoms with Gasteiger partial charge in [-0.3, -0.25) is 14.5 Å². The summed E-state index contributed by atoms with van der Waals surface area (Å²) >= 11 is 0. The van der Waals surface area contributed by atoms with Gasteiger partial charge in [0.25, 0.3) is 0 Å². The van der Waals surface area contributed by atoms with Gasteiger partial charge < -0.3 is 4.74 Å². The summed E-state index contributed by atoms with van der Waals surface area (Å²) in [5.41, 5.74) is 0. The Bertz CT molecular complexity index is 247. The van der Waals surface area contributed by atoms with Crippen molar-refractivity contribution in [2.24, 2.45) is 0 Å². The van der Waals surface area contributed by atoms with Crippen LogP contribution in [0.4, 0.5) is 13.2 Å². The molecule has 1 unspecified atom stereocenters. The van der Waals surface area contributed by atoms with E-state index in [-0.39, 0.29) is 0 Å². The van der Waals surface area contributed by atoms with Crippen molar-refractivity contribution in [3.63, 3.8) is 0 Å². The van der Waals surface area contributed by atoms with Crippen LogP contribution in [0.3, 0.4) is 0 Å². The van der Waals surface area contributed by atoms with Gasteiger partial charge in [0.15, 0.2) is 0 Å². The summed E-state index contributed by atoms with van der Waals surface area (Å²) in [6.45, 7) is -0.120. The Labute approximate surface area is 77.6 Å². The lowest BCUT2D eigenvalue weighted by Gasteiger charge is -2.30. The van der Waals surface area contributed by atoms with Crippen molar-refractivity contribution in [3.05, 3.63) is 0 Å². The molecule has 1 aliphatic rings. The molecule has 4 nitrogen and oxygen atoms in total. The van der Waals surface area contributed by atoms with Crippen LogP contribution in [0.5, 0.6) is 0 Å². The van der Waals surface area contributed by atoms with E-state index < -0.39 is 37.2 Å². The molecule has 1 heterocycles. The normalized spacial score (nSPS) is 22.0. The summed E-state index contributed by atoms with van der Waals surface area (Å²) in [6.07, 6.45) is -4.45. The molecular weight excluding hydrogens is 203 g/mol. The number of morpholine rings is 1. The fourth-order valence-electron chi connectivity index (χ4n) is 1.06. The maximum absolute atomic E-state index is 12.2. The number of ether oxygens (including phenoxy) is 1. The van der Waals surface area contributed by atoms with E-state index in [2.05, 4.69) is 4.74 Å². The van der Waals surface area contributed by atoms with E-state index in [4.69, 9.17) is 0 Å². The third-order valence-electron chi connectivity index (χ3n) is 1.91. The van der Waals surface area contributed by atoms with Gasteiger partial charge in [0, 0.05) is 0 Å². The maximum atomic E-state index is 12.2. The van der Waals surface area contributed by atoms with Crippen molar-refractivity contribution < 1.29 is 27.5 Å². The first-order chi connectivity index (χ1) is 6.30. The molecule has 0 bridgehead atoms. The number of cyclic esters (lactones) is 2. The summed E-state index contributed by atoms with van der Waals surface area (Å²) in [4.78, 5) is 22.1. The molecule has 1 fully saturated rings. The van der Waals surface area contributed by atoms with Crippen LogP contribution in [0.2, 0.25) is 0 Å². The van der Waals surface area contributed by atoms with Crippen LogP contribution in [0.15, 0.2) is 0 Å². The van der Waals surface area contributed by atoms with Gasteiger partial charge in [0.2, 0.25) is 0 Å². The van der Waals surface area contributed by atoms with Gasteiger partial charge in [-0.2, -0.15) is 13.2 Å². The first-order valence-electron chi connectivity index (χ1n) is 3.85. The molecule has 0 aromatic rings. The second kappa shape index (κ2) is 3.56. The van der Waals surface area contributed by atoms with Crippen molar-refractivity contribution in [2.75, 3.05) is 13.1 Å². The smallest absolute Gasteiger partial charge is 0.391 e. The van der Waals surface area contributed by atoms with Crippen LogP contribution >= 0.6 is 0 Å². The highest BCUT2D eigenvalue weighted by Crippen LogP contribution is 2.25. The SMILES string of the molecule is CC(N1CC(=O)OC(=O)C1)C(F)(F)F. The number of halogens is 3. The third kappa shape index (κ3) is 2.44.